The van der Waals surface area contributed by atoms with E-state index in [0.29, 0.717) is 12.1 Å². The predicted molar refractivity (Wildman–Crippen MR) is 205 cm³/mol. The van der Waals surface area contributed by atoms with Crippen molar-refractivity contribution >= 4 is 5.84 Å². The minimum atomic E-state index is 0.394. The van der Waals surface area contributed by atoms with E-state index in [2.05, 4.69) is 37.9 Å². The normalized spacial score (nSPS) is 14.8. The molecule has 2 unspecified atom stereocenters. The van der Waals surface area contributed by atoms with Crippen LogP contribution in [0.3, 0.4) is 0 Å². The predicted octanol–water partition coefficient (Wildman–Crippen LogP) is 13.6. The van der Waals surface area contributed by atoms with E-state index >= 15 is 0 Å². The van der Waals surface area contributed by atoms with E-state index in [4.69, 9.17) is 4.99 Å². The Kier molecular flexibility index (Phi) is 31.4. The number of unbranched alkanes of at least 4 members (excludes halogenated alkanes) is 28. The molecule has 1 rings (SSSR count). The van der Waals surface area contributed by atoms with E-state index < -0.39 is 0 Å². The van der Waals surface area contributed by atoms with Gasteiger partial charge in [-0.3, -0.25) is 4.99 Å². The molecule has 268 valence electrons. The number of hydrogen-bond acceptors (Lipinski definition) is 3. The fraction of sp³-hybridized carbons (Fsp3) is 0.976. The van der Waals surface area contributed by atoms with Gasteiger partial charge in [-0.15, -0.1) is 0 Å². The maximum absolute atomic E-state index is 4.95. The first-order valence-corrected chi connectivity index (χ1v) is 21.3. The van der Waals surface area contributed by atoms with Crippen molar-refractivity contribution in [3.05, 3.63) is 0 Å². The van der Waals surface area contributed by atoms with Gasteiger partial charge in [0.05, 0.1) is 12.6 Å². The maximum Gasteiger partial charge on any atom is 0.116 e. The number of rotatable bonds is 36. The highest BCUT2D eigenvalue weighted by Crippen LogP contribution is 2.17. The van der Waals surface area contributed by atoms with Crippen LogP contribution in [0.4, 0.5) is 0 Å². The largest absolute Gasteiger partial charge is 0.357 e. The van der Waals surface area contributed by atoms with E-state index in [-0.39, 0.29) is 0 Å². The molecule has 1 aliphatic rings. The topological polar surface area (TPSA) is 27.6 Å². The van der Waals surface area contributed by atoms with E-state index in [1.165, 1.54) is 218 Å². The molecule has 0 aliphatic carbocycles. The quantitative estimate of drug-likeness (QED) is 0.0697. The zero-order chi connectivity index (χ0) is 32.5. The number of nitrogens with zero attached hydrogens (tertiary/aromatic N) is 2. The average Bonchev–Trinajstić information content (AvgIpc) is 3.53. The third kappa shape index (κ3) is 26.1. The number of hydrogen-bond donors (Lipinski definition) is 1. The van der Waals surface area contributed by atoms with Crippen molar-refractivity contribution in [2.24, 2.45) is 4.99 Å². The van der Waals surface area contributed by atoms with Gasteiger partial charge in [0.1, 0.15) is 5.84 Å². The Labute approximate surface area is 285 Å². The lowest BCUT2D eigenvalue weighted by Crippen LogP contribution is -2.47. The molecule has 2 atom stereocenters. The average molecular weight is 632 g/mol. The molecule has 0 aromatic heterocycles. The summed E-state index contributed by atoms with van der Waals surface area (Å²) in [6.45, 7) is 12.7. The monoisotopic (exact) mass is 632 g/mol. The second-order valence-electron chi connectivity index (χ2n) is 14.9. The lowest BCUT2D eigenvalue weighted by molar-refractivity contribution is 0.389. The van der Waals surface area contributed by atoms with Crippen molar-refractivity contribution < 1.29 is 0 Å². The zero-order valence-corrected chi connectivity index (χ0v) is 31.8. The molecule has 0 aromatic rings. The van der Waals surface area contributed by atoms with Crippen LogP contribution in [0.2, 0.25) is 0 Å². The summed E-state index contributed by atoms with van der Waals surface area (Å²) in [6.07, 6.45) is 45.8. The van der Waals surface area contributed by atoms with Gasteiger partial charge < -0.3 is 10.2 Å². The Hall–Kier alpha value is -0.570. The third-order valence-electron chi connectivity index (χ3n) is 10.5. The summed E-state index contributed by atoms with van der Waals surface area (Å²) in [7, 11) is 0. The highest BCUT2D eigenvalue weighted by molar-refractivity contribution is 5.88. The smallest absolute Gasteiger partial charge is 0.116 e. The van der Waals surface area contributed by atoms with Crippen LogP contribution in [-0.2, 0) is 0 Å². The highest BCUT2D eigenvalue weighted by atomic mass is 15.3. The Balaban J connectivity index is 1.97. The van der Waals surface area contributed by atoms with E-state index in [1.54, 1.807) is 0 Å². The van der Waals surface area contributed by atoms with Crippen molar-refractivity contribution in [2.45, 2.75) is 245 Å². The molecular weight excluding hydrogens is 546 g/mol. The lowest BCUT2D eigenvalue weighted by Gasteiger charge is -2.28. The van der Waals surface area contributed by atoms with Crippen molar-refractivity contribution in [3.8, 4) is 0 Å². The fourth-order valence-electron chi connectivity index (χ4n) is 7.41. The van der Waals surface area contributed by atoms with Crippen LogP contribution >= 0.6 is 0 Å². The molecule has 0 saturated heterocycles. The first-order chi connectivity index (χ1) is 22.2. The molecule has 1 heterocycles. The molecule has 1 N–H and O–H groups in total. The van der Waals surface area contributed by atoms with Crippen LogP contribution in [0.15, 0.2) is 4.99 Å². The fourth-order valence-corrected chi connectivity index (χ4v) is 7.41. The summed E-state index contributed by atoms with van der Waals surface area (Å²) in [5.74, 6) is 1.34. The summed E-state index contributed by atoms with van der Waals surface area (Å²) in [6, 6.07) is 1.03. The van der Waals surface area contributed by atoms with Crippen LogP contribution in [0.25, 0.3) is 0 Å². The van der Waals surface area contributed by atoms with Crippen LogP contribution in [0, 0.1) is 0 Å². The van der Waals surface area contributed by atoms with Crippen LogP contribution in [-0.4, -0.2) is 42.5 Å². The van der Waals surface area contributed by atoms with Crippen molar-refractivity contribution in [2.75, 3.05) is 19.6 Å². The molecular formula is C42H85N3. The standard InChI is InChI=1S/C42H85N3/c1-5-8-10-12-14-16-18-20-22-23-25-27-29-31-33-35-38-45-39-37-43-42(45)40(4)44-41(7-3)36-34-32-30-28-26-24-21-19-17-15-13-11-9-6-2/h40-41,44H,5-39H2,1-4H3. The minimum Gasteiger partial charge on any atom is -0.357 e. The molecule has 3 heteroatoms. The summed E-state index contributed by atoms with van der Waals surface area (Å²) in [5, 5.41) is 3.97. The molecule has 0 saturated carbocycles. The van der Waals surface area contributed by atoms with E-state index in [1.807, 2.05) is 0 Å². The van der Waals surface area contributed by atoms with E-state index in [9.17, 15) is 0 Å². The summed E-state index contributed by atoms with van der Waals surface area (Å²) in [4.78, 5) is 7.55. The van der Waals surface area contributed by atoms with Gasteiger partial charge in [0.25, 0.3) is 0 Å². The SMILES string of the molecule is CCCCCCCCCCCCCCCCCCN1CCN=C1C(C)NC(CC)CCCCCCCCCCCCCCCC. The molecule has 0 radical (unpaired) electrons. The third-order valence-corrected chi connectivity index (χ3v) is 10.5. The molecule has 45 heavy (non-hydrogen) atoms. The van der Waals surface area contributed by atoms with Crippen LogP contribution in [0.1, 0.15) is 233 Å². The first kappa shape index (κ1) is 42.5. The molecule has 0 fully saturated rings. The number of nitrogens with one attached hydrogen (secondary N) is 1. The van der Waals surface area contributed by atoms with Gasteiger partial charge in [-0.2, -0.15) is 0 Å². The summed E-state index contributed by atoms with van der Waals surface area (Å²) < 4.78 is 0. The zero-order valence-electron chi connectivity index (χ0n) is 31.8. The lowest BCUT2D eigenvalue weighted by atomic mass is 10.0. The number of aliphatic imine (C=N–C) groups is 1. The van der Waals surface area contributed by atoms with Crippen LogP contribution in [0.5, 0.6) is 0 Å². The number of amidine groups is 1. The molecule has 0 bridgehead atoms. The van der Waals surface area contributed by atoms with Gasteiger partial charge >= 0.3 is 0 Å². The molecule has 0 amide bonds. The highest BCUT2D eigenvalue weighted by Gasteiger charge is 2.23. The minimum absolute atomic E-state index is 0.394. The van der Waals surface area contributed by atoms with Gasteiger partial charge in [0.2, 0.25) is 0 Å². The van der Waals surface area contributed by atoms with E-state index in [0.717, 1.165) is 13.1 Å². The van der Waals surface area contributed by atoms with Gasteiger partial charge in [-0.05, 0) is 26.2 Å². The van der Waals surface area contributed by atoms with Crippen LogP contribution < -0.4 is 5.32 Å². The second-order valence-corrected chi connectivity index (χ2v) is 14.9. The van der Waals surface area contributed by atoms with Crippen molar-refractivity contribution in [1.29, 1.82) is 0 Å². The molecule has 1 aliphatic heterocycles. The van der Waals surface area contributed by atoms with Crippen molar-refractivity contribution in [1.82, 2.24) is 10.2 Å². The summed E-state index contributed by atoms with van der Waals surface area (Å²) >= 11 is 0. The Bertz CT molecular complexity index is 617. The van der Waals surface area contributed by atoms with Gasteiger partial charge in [-0.1, -0.05) is 207 Å². The maximum atomic E-state index is 4.95. The van der Waals surface area contributed by atoms with Gasteiger partial charge in [0, 0.05) is 19.1 Å². The Morgan fingerprint density at radius 2 is 0.867 bits per heavy atom. The second kappa shape index (κ2) is 33.3. The van der Waals surface area contributed by atoms with Crippen molar-refractivity contribution in [3.63, 3.8) is 0 Å². The van der Waals surface area contributed by atoms with Gasteiger partial charge in [0.15, 0.2) is 0 Å². The van der Waals surface area contributed by atoms with Gasteiger partial charge in [-0.25, -0.2) is 0 Å². The summed E-state index contributed by atoms with van der Waals surface area (Å²) in [5.41, 5.74) is 0. The Morgan fingerprint density at radius 3 is 1.24 bits per heavy atom. The Morgan fingerprint density at radius 1 is 0.511 bits per heavy atom. The first-order valence-electron chi connectivity index (χ1n) is 21.3. The molecule has 0 aromatic carbocycles. The molecule has 3 nitrogen and oxygen atoms in total. The molecule has 0 spiro atoms.